The van der Waals surface area contributed by atoms with Crippen LogP contribution in [0.5, 0.6) is 17.2 Å². The lowest BCUT2D eigenvalue weighted by Gasteiger charge is -2.08. The van der Waals surface area contributed by atoms with Gasteiger partial charge in [-0.3, -0.25) is 14.9 Å². The Morgan fingerprint density at radius 1 is 1.37 bits per heavy atom. The van der Waals surface area contributed by atoms with Crippen molar-refractivity contribution in [3.63, 3.8) is 0 Å². The number of amides is 1. The number of nitro benzene ring substituents is 1. The van der Waals surface area contributed by atoms with Crippen molar-refractivity contribution in [2.24, 2.45) is 5.10 Å². The number of benzene rings is 2. The van der Waals surface area contributed by atoms with E-state index in [2.05, 4.69) is 26.5 Å². The van der Waals surface area contributed by atoms with E-state index in [0.717, 1.165) is 6.07 Å². The molecule has 0 fully saturated rings. The first-order valence-corrected chi connectivity index (χ1v) is 8.47. The van der Waals surface area contributed by atoms with Crippen LogP contribution in [-0.2, 0) is 0 Å². The van der Waals surface area contributed by atoms with Crippen LogP contribution in [0.1, 0.15) is 22.8 Å². The highest BCUT2D eigenvalue weighted by atomic mass is 79.9. The Morgan fingerprint density at radius 2 is 2.11 bits per heavy atom. The maximum atomic E-state index is 12.3. The van der Waals surface area contributed by atoms with Crippen LogP contribution in [0.2, 0.25) is 0 Å². The van der Waals surface area contributed by atoms with E-state index in [0.29, 0.717) is 10.2 Å². The number of nitro groups is 1. The molecule has 0 aliphatic heterocycles. The third kappa shape index (κ3) is 4.94. The molecule has 9 nitrogen and oxygen atoms in total. The Labute approximate surface area is 162 Å². The number of phenols is 1. The zero-order valence-corrected chi connectivity index (χ0v) is 16.0. The number of carbonyl (C=O) groups excluding carboxylic acids is 1. The summed E-state index contributed by atoms with van der Waals surface area (Å²) in [6.45, 7) is 1.89. The minimum absolute atomic E-state index is 0.0480. The molecule has 2 aromatic carbocycles. The number of nitrogens with one attached hydrogen (secondary N) is 1. The molecule has 1 amide bonds. The van der Waals surface area contributed by atoms with Crippen LogP contribution >= 0.6 is 15.9 Å². The van der Waals surface area contributed by atoms with E-state index < -0.39 is 22.3 Å². The molecule has 0 radical (unpaired) electrons. The summed E-state index contributed by atoms with van der Waals surface area (Å²) in [5.74, 6) is -0.775. The van der Waals surface area contributed by atoms with Crippen molar-refractivity contribution in [2.75, 3.05) is 13.7 Å². The van der Waals surface area contributed by atoms with Gasteiger partial charge in [0.05, 0.1) is 30.4 Å². The topological polar surface area (TPSA) is 123 Å². The first kappa shape index (κ1) is 20.2. The van der Waals surface area contributed by atoms with E-state index in [1.807, 2.05) is 0 Å². The van der Waals surface area contributed by atoms with Gasteiger partial charge in [-0.05, 0) is 31.2 Å². The molecule has 0 heterocycles. The summed E-state index contributed by atoms with van der Waals surface area (Å²) in [6, 6.07) is 7.42. The number of hydrogen-bond acceptors (Lipinski definition) is 7. The van der Waals surface area contributed by atoms with Crippen LogP contribution in [0.15, 0.2) is 39.9 Å². The second-order valence-electron chi connectivity index (χ2n) is 5.12. The third-order valence-electron chi connectivity index (χ3n) is 3.36. The third-order valence-corrected chi connectivity index (χ3v) is 3.85. The van der Waals surface area contributed by atoms with Crippen LogP contribution in [0.3, 0.4) is 0 Å². The molecule has 0 bridgehead atoms. The van der Waals surface area contributed by atoms with Crippen LogP contribution in [0.25, 0.3) is 0 Å². The van der Waals surface area contributed by atoms with Crippen LogP contribution in [0, 0.1) is 10.1 Å². The van der Waals surface area contributed by atoms with Gasteiger partial charge in [-0.1, -0.05) is 15.9 Å². The van der Waals surface area contributed by atoms with Gasteiger partial charge >= 0.3 is 5.69 Å². The van der Waals surface area contributed by atoms with Crippen molar-refractivity contribution in [2.45, 2.75) is 6.92 Å². The molecule has 0 saturated carbocycles. The molecule has 0 saturated heterocycles. The number of methoxy groups -OCH3 is 1. The van der Waals surface area contributed by atoms with Crippen molar-refractivity contribution in [1.82, 2.24) is 5.43 Å². The molecular weight excluding hydrogens is 422 g/mol. The van der Waals surface area contributed by atoms with Gasteiger partial charge in [-0.15, -0.1) is 0 Å². The first-order valence-electron chi connectivity index (χ1n) is 7.68. The first-order chi connectivity index (χ1) is 12.9. The van der Waals surface area contributed by atoms with Crippen LogP contribution in [-0.4, -0.2) is 35.9 Å². The average Bonchev–Trinajstić information content (AvgIpc) is 2.63. The Kier molecular flexibility index (Phi) is 6.72. The Balaban J connectivity index is 2.24. The van der Waals surface area contributed by atoms with E-state index in [4.69, 9.17) is 9.47 Å². The van der Waals surface area contributed by atoms with E-state index >= 15 is 0 Å². The molecule has 0 aromatic heterocycles. The number of aromatic hydroxyl groups is 1. The number of rotatable bonds is 7. The van der Waals surface area contributed by atoms with Gasteiger partial charge in [0.1, 0.15) is 5.75 Å². The van der Waals surface area contributed by atoms with E-state index in [9.17, 15) is 20.0 Å². The number of nitrogens with zero attached hydrogens (tertiary/aromatic N) is 2. The van der Waals surface area contributed by atoms with E-state index in [-0.39, 0.29) is 23.5 Å². The fourth-order valence-electron chi connectivity index (χ4n) is 2.18. The number of ether oxygens (including phenoxy) is 2. The lowest BCUT2D eigenvalue weighted by Crippen LogP contribution is -2.18. The Bertz CT molecular complexity index is 900. The SMILES string of the molecule is CCOc1cc(/C=N\NC(=O)c2cc(Br)ccc2OC)cc([N+](=O)[O-])c1O. The van der Waals surface area contributed by atoms with Crippen molar-refractivity contribution >= 4 is 33.7 Å². The minimum Gasteiger partial charge on any atom is -0.500 e. The fraction of sp³-hybridized carbons (Fsp3) is 0.176. The van der Waals surface area contributed by atoms with Gasteiger partial charge in [0, 0.05) is 16.1 Å². The van der Waals surface area contributed by atoms with Crippen LogP contribution < -0.4 is 14.9 Å². The predicted molar refractivity (Wildman–Crippen MR) is 102 cm³/mol. The monoisotopic (exact) mass is 437 g/mol. The van der Waals surface area contributed by atoms with Gasteiger partial charge in [0.2, 0.25) is 5.75 Å². The van der Waals surface area contributed by atoms with Crippen molar-refractivity contribution in [3.8, 4) is 17.2 Å². The maximum absolute atomic E-state index is 12.3. The smallest absolute Gasteiger partial charge is 0.315 e. The zero-order valence-electron chi connectivity index (χ0n) is 14.4. The van der Waals surface area contributed by atoms with Crippen molar-refractivity contribution in [1.29, 1.82) is 0 Å². The standard InChI is InChI=1S/C17H16BrN3O6/c1-3-27-15-7-10(6-13(16(15)22)21(24)25)9-19-20-17(23)12-8-11(18)4-5-14(12)26-2/h4-9,22H,3H2,1-2H3,(H,20,23)/b19-9-. The highest BCUT2D eigenvalue weighted by molar-refractivity contribution is 9.10. The van der Waals surface area contributed by atoms with E-state index in [1.54, 1.807) is 25.1 Å². The summed E-state index contributed by atoms with van der Waals surface area (Å²) < 4.78 is 11.0. The quantitative estimate of drug-likeness (QED) is 0.389. The number of carbonyl (C=O) groups is 1. The van der Waals surface area contributed by atoms with Gasteiger partial charge in [0.15, 0.2) is 5.75 Å². The summed E-state index contributed by atoms with van der Waals surface area (Å²) >= 11 is 3.27. The van der Waals surface area contributed by atoms with Crippen molar-refractivity contribution in [3.05, 3.63) is 56.0 Å². The Morgan fingerprint density at radius 3 is 2.74 bits per heavy atom. The number of halogens is 1. The number of phenolic OH excluding ortho intramolecular Hbond substituents is 1. The number of hydrogen-bond donors (Lipinski definition) is 2. The molecule has 0 aliphatic rings. The van der Waals surface area contributed by atoms with Crippen molar-refractivity contribution < 1.29 is 24.3 Å². The highest BCUT2D eigenvalue weighted by Crippen LogP contribution is 2.36. The summed E-state index contributed by atoms with van der Waals surface area (Å²) in [4.78, 5) is 22.6. The fourth-order valence-corrected chi connectivity index (χ4v) is 2.54. The second-order valence-corrected chi connectivity index (χ2v) is 6.04. The lowest BCUT2D eigenvalue weighted by atomic mass is 10.2. The lowest BCUT2D eigenvalue weighted by molar-refractivity contribution is -0.386. The zero-order chi connectivity index (χ0) is 20.0. The molecule has 27 heavy (non-hydrogen) atoms. The molecule has 0 unspecified atom stereocenters. The molecule has 0 aliphatic carbocycles. The molecule has 2 rings (SSSR count). The van der Waals surface area contributed by atoms with Gasteiger partial charge in [-0.25, -0.2) is 5.43 Å². The summed E-state index contributed by atoms with van der Waals surface area (Å²) in [7, 11) is 1.44. The molecule has 2 aromatic rings. The molecule has 2 N–H and O–H groups in total. The van der Waals surface area contributed by atoms with E-state index in [1.165, 1.54) is 19.4 Å². The van der Waals surface area contributed by atoms with Gasteiger partial charge in [0.25, 0.3) is 5.91 Å². The Hall–Kier alpha value is -3.14. The number of hydrazone groups is 1. The summed E-state index contributed by atoms with van der Waals surface area (Å²) in [5.41, 5.74) is 2.32. The minimum atomic E-state index is -0.736. The molecule has 142 valence electrons. The largest absolute Gasteiger partial charge is 0.500 e. The normalized spacial score (nSPS) is 10.6. The molecule has 0 atom stereocenters. The highest BCUT2D eigenvalue weighted by Gasteiger charge is 2.19. The predicted octanol–water partition coefficient (Wildman–Crippen LogP) is 3.23. The summed E-state index contributed by atoms with van der Waals surface area (Å²) in [5, 5.41) is 24.7. The second kappa shape index (κ2) is 8.99. The summed E-state index contributed by atoms with van der Waals surface area (Å²) in [6.07, 6.45) is 1.21. The van der Waals surface area contributed by atoms with Gasteiger partial charge < -0.3 is 14.6 Å². The molecular formula is C17H16BrN3O6. The van der Waals surface area contributed by atoms with Gasteiger partial charge in [-0.2, -0.15) is 5.10 Å². The molecule has 10 heteroatoms. The molecule has 0 spiro atoms. The maximum Gasteiger partial charge on any atom is 0.315 e. The van der Waals surface area contributed by atoms with Crippen LogP contribution in [0.4, 0.5) is 5.69 Å². The average molecular weight is 438 g/mol.